The van der Waals surface area contributed by atoms with E-state index in [0.29, 0.717) is 0 Å². The van der Waals surface area contributed by atoms with Crippen LogP contribution in [0.15, 0.2) is 0 Å². The zero-order valence-electron chi connectivity index (χ0n) is 31.4. The van der Waals surface area contributed by atoms with E-state index in [4.69, 9.17) is 62.6 Å². The number of hydrogen-bond donors (Lipinski definition) is 0. The molecule has 0 aromatic rings. The van der Waals surface area contributed by atoms with Gasteiger partial charge in [0.1, 0.15) is 0 Å². The second-order valence-electron chi connectivity index (χ2n) is 16.0. The fraction of sp³-hybridized carbons (Fsp3) is 1.00. The summed E-state index contributed by atoms with van der Waals surface area (Å²) in [4.78, 5) is 0. The molecule has 0 saturated heterocycles. The third-order valence-electron chi connectivity index (χ3n) is 11.5. The molecule has 6 saturated carbocycles. The second kappa shape index (κ2) is 23.5. The summed E-state index contributed by atoms with van der Waals surface area (Å²) < 4.78 is 42.7. The molecule has 52 heavy (non-hydrogen) atoms. The summed E-state index contributed by atoms with van der Waals surface area (Å²) >= 11 is 17.3. The van der Waals surface area contributed by atoms with Crippen LogP contribution in [0.2, 0.25) is 0 Å². The first kappa shape index (κ1) is 45.1. The van der Waals surface area contributed by atoms with Gasteiger partial charge in [-0.05, 0) is 0 Å². The van der Waals surface area contributed by atoms with Crippen LogP contribution in [-0.2, 0) is 62.6 Å². The normalized spacial score (nSPS) is 25.6. The molecule has 6 nitrogen and oxygen atoms in total. The molecule has 6 aliphatic rings. The van der Waals surface area contributed by atoms with E-state index in [1.165, 1.54) is 116 Å². The van der Waals surface area contributed by atoms with Crippen LogP contribution in [0.25, 0.3) is 0 Å². The third-order valence-corrected chi connectivity index (χ3v) is 83.8. The van der Waals surface area contributed by atoms with Crippen LogP contribution in [0.3, 0.4) is 0 Å². The molecule has 0 N–H and O–H groups in total. The van der Waals surface area contributed by atoms with E-state index in [2.05, 4.69) is 0 Å². The first-order valence-electron chi connectivity index (χ1n) is 21.1. The molecule has 0 amide bonds. The van der Waals surface area contributed by atoms with Crippen molar-refractivity contribution < 1.29 is 27.1 Å². The van der Waals surface area contributed by atoms with Gasteiger partial charge >= 0.3 is 350 Å². The zero-order valence-corrected chi connectivity index (χ0v) is 41.5. The number of hydrogen-bond acceptors (Lipinski definition) is 12. The summed E-state index contributed by atoms with van der Waals surface area (Å²) in [6.45, 7) is 0. The summed E-state index contributed by atoms with van der Waals surface area (Å²) in [5.41, 5.74) is -8.23. The molecule has 0 spiro atoms. The topological polar surface area (TPSA) is 55.4 Å². The first-order valence-corrected chi connectivity index (χ1v) is 42.5. The van der Waals surface area contributed by atoms with E-state index in [-0.39, 0.29) is 36.6 Å². The summed E-state index contributed by atoms with van der Waals surface area (Å²) in [7, 11) is 5.62. The van der Waals surface area contributed by atoms with Crippen molar-refractivity contribution >= 4 is 93.9 Å². The van der Waals surface area contributed by atoms with Gasteiger partial charge in [-0.2, -0.15) is 0 Å². The van der Waals surface area contributed by atoms with E-state index in [1.807, 2.05) is 25.4 Å². The Morgan fingerprint density at radius 2 is 0.442 bits per heavy atom. The first-order chi connectivity index (χ1) is 25.3. The van der Waals surface area contributed by atoms with Crippen molar-refractivity contribution in [2.45, 2.75) is 229 Å². The van der Waals surface area contributed by atoms with Crippen molar-refractivity contribution in [2.75, 3.05) is 0 Å². The van der Waals surface area contributed by atoms with E-state index >= 15 is 0 Å². The van der Waals surface area contributed by atoms with Gasteiger partial charge in [-0.1, -0.05) is 0 Å². The molecule has 0 bridgehead atoms. The third kappa shape index (κ3) is 15.9. The van der Waals surface area contributed by atoms with Crippen molar-refractivity contribution in [3.63, 3.8) is 0 Å². The fourth-order valence-electron chi connectivity index (χ4n) is 8.60. The summed E-state index contributed by atoms with van der Waals surface area (Å²) in [5, 5.41) is 0. The maximum atomic E-state index is 7.12. The van der Waals surface area contributed by atoms with Gasteiger partial charge in [0.15, 0.2) is 0 Å². The van der Waals surface area contributed by atoms with Crippen molar-refractivity contribution in [1.29, 1.82) is 0 Å². The van der Waals surface area contributed by atoms with Crippen LogP contribution < -0.4 is 0 Å². The Labute approximate surface area is 347 Å². The molecule has 0 aromatic heterocycles. The maximum absolute atomic E-state index is 7.12. The monoisotopic (exact) mass is 1000 g/mol. The molecule has 0 aliphatic heterocycles. The van der Waals surface area contributed by atoms with Gasteiger partial charge in [0.25, 0.3) is 0 Å². The summed E-state index contributed by atoms with van der Waals surface area (Å²) in [5.74, 6) is 0. The predicted octanol–water partition coefficient (Wildman–Crippen LogP) is 14.9. The second-order valence-corrected chi connectivity index (χ2v) is 58.5. The Morgan fingerprint density at radius 1 is 0.288 bits per heavy atom. The van der Waals surface area contributed by atoms with Gasteiger partial charge in [-0.25, -0.2) is 0 Å². The molecule has 0 atom stereocenters. The molecule has 16 heteroatoms. The van der Waals surface area contributed by atoms with Gasteiger partial charge < -0.3 is 0 Å². The van der Waals surface area contributed by atoms with Crippen LogP contribution in [0, 0.1) is 0 Å². The van der Waals surface area contributed by atoms with Crippen LogP contribution in [0.5, 0.6) is 0 Å². The minimum atomic E-state index is -2.84. The summed E-state index contributed by atoms with van der Waals surface area (Å²) in [6.07, 6.45) is 36.1. The molecule has 6 rings (SSSR count). The van der Waals surface area contributed by atoms with Gasteiger partial charge in [-0.3, -0.25) is 0 Å². The van der Waals surface area contributed by atoms with Crippen molar-refractivity contribution in [3.8, 4) is 0 Å². The SMILES string of the molecule is S=P(OC1CCCCC1)(OC1CCCCC1)[S][Sb]([S]P(=S)(OC1CCCCC1)OC1CCCCC1)[S]P(=S)(OC1CCCCC1)OC1CCCCC1. The average Bonchev–Trinajstić information content (AvgIpc) is 3.13. The van der Waals surface area contributed by atoms with Crippen molar-refractivity contribution in [3.05, 3.63) is 0 Å². The summed E-state index contributed by atoms with van der Waals surface area (Å²) in [6, 6.07) is 0. The van der Waals surface area contributed by atoms with E-state index in [0.717, 1.165) is 77.0 Å². The van der Waals surface area contributed by atoms with Gasteiger partial charge in [0.05, 0.1) is 0 Å². The van der Waals surface area contributed by atoms with Crippen LogP contribution in [-0.4, -0.2) is 52.6 Å². The van der Waals surface area contributed by atoms with Crippen LogP contribution in [0.1, 0.15) is 193 Å². The van der Waals surface area contributed by atoms with Crippen molar-refractivity contribution in [2.24, 2.45) is 0 Å². The Bertz CT molecular complexity index is 974. The zero-order chi connectivity index (χ0) is 36.1. The molecule has 0 heterocycles. The predicted molar refractivity (Wildman–Crippen MR) is 239 cm³/mol. The van der Waals surface area contributed by atoms with Gasteiger partial charge in [0.2, 0.25) is 0 Å². The van der Waals surface area contributed by atoms with Crippen molar-refractivity contribution in [1.82, 2.24) is 0 Å². The van der Waals surface area contributed by atoms with E-state index < -0.39 is 33.1 Å². The quantitative estimate of drug-likeness (QED) is 0.0971. The van der Waals surface area contributed by atoms with Crippen LogP contribution in [0.4, 0.5) is 0 Å². The van der Waals surface area contributed by atoms with Crippen LogP contribution >= 0.6 is 42.5 Å². The van der Waals surface area contributed by atoms with E-state index in [1.54, 1.807) is 0 Å². The Morgan fingerprint density at radius 3 is 0.596 bits per heavy atom. The van der Waals surface area contributed by atoms with Gasteiger partial charge in [0, 0.05) is 0 Å². The Hall–Kier alpha value is 3.58. The minimum absolute atomic E-state index is 0.174. The Balaban J connectivity index is 1.31. The standard InChI is InChI=1S/3C12H23O2PS2.Sb/c3*16-15(17,13-11-7-3-1-4-8-11)14-12-9-5-2-6-10-12;/h3*11-12H,1-10H2,(H,16,17);/q;;;+3/p-3. The van der Waals surface area contributed by atoms with Gasteiger partial charge in [-0.15, -0.1) is 0 Å². The molecule has 0 unspecified atom stereocenters. The van der Waals surface area contributed by atoms with E-state index in [9.17, 15) is 0 Å². The Kier molecular flexibility index (Phi) is 20.4. The molecular weight excluding hydrogens is 935 g/mol. The molecule has 0 aromatic carbocycles. The average molecular weight is 1000 g/mol. The molecule has 0 radical (unpaired) electrons. The molecule has 302 valence electrons. The number of rotatable bonds is 18. The fourth-order valence-corrected chi connectivity index (χ4v) is 121. The molecule has 6 fully saturated rings. The molecule has 6 aliphatic carbocycles. The molecular formula is C36H66O6P3S6Sb.